The van der Waals surface area contributed by atoms with E-state index in [-0.39, 0.29) is 30.9 Å². The van der Waals surface area contributed by atoms with E-state index in [0.717, 1.165) is 26.2 Å². The SMILES string of the molecule is Cl.Cl.NC[C@H]1CN(Cc2ccccc2)CCO1. The molecule has 0 aliphatic carbocycles. The maximum Gasteiger partial charge on any atom is 0.0824 e. The van der Waals surface area contributed by atoms with Crippen LogP contribution in [0.2, 0.25) is 0 Å². The van der Waals surface area contributed by atoms with Crippen molar-refractivity contribution >= 4 is 24.8 Å². The molecule has 0 unspecified atom stereocenters. The molecule has 5 heteroatoms. The fraction of sp³-hybridized carbons (Fsp3) is 0.500. The van der Waals surface area contributed by atoms with Crippen molar-refractivity contribution < 1.29 is 4.74 Å². The quantitative estimate of drug-likeness (QED) is 0.915. The van der Waals surface area contributed by atoms with Gasteiger partial charge in [0.05, 0.1) is 12.7 Å². The van der Waals surface area contributed by atoms with Crippen molar-refractivity contribution in [3.8, 4) is 0 Å². The van der Waals surface area contributed by atoms with E-state index in [2.05, 4.69) is 29.2 Å². The van der Waals surface area contributed by atoms with Gasteiger partial charge < -0.3 is 10.5 Å². The summed E-state index contributed by atoms with van der Waals surface area (Å²) in [6.07, 6.45) is 0.211. The van der Waals surface area contributed by atoms with E-state index >= 15 is 0 Å². The Balaban J connectivity index is 0.00000128. The zero-order valence-electron chi connectivity index (χ0n) is 9.75. The molecule has 17 heavy (non-hydrogen) atoms. The van der Waals surface area contributed by atoms with E-state index in [0.29, 0.717) is 6.54 Å². The van der Waals surface area contributed by atoms with E-state index in [1.54, 1.807) is 0 Å². The zero-order chi connectivity index (χ0) is 10.5. The minimum absolute atomic E-state index is 0. The van der Waals surface area contributed by atoms with Gasteiger partial charge in [-0.2, -0.15) is 0 Å². The average molecular weight is 279 g/mol. The van der Waals surface area contributed by atoms with Gasteiger partial charge in [0.2, 0.25) is 0 Å². The lowest BCUT2D eigenvalue weighted by atomic mass is 10.2. The van der Waals surface area contributed by atoms with Crippen molar-refractivity contribution in [3.63, 3.8) is 0 Å². The summed E-state index contributed by atoms with van der Waals surface area (Å²) in [7, 11) is 0. The van der Waals surface area contributed by atoms with Crippen molar-refractivity contribution in [1.29, 1.82) is 0 Å². The molecule has 1 saturated heterocycles. The Morgan fingerprint density at radius 2 is 1.94 bits per heavy atom. The minimum Gasteiger partial charge on any atom is -0.374 e. The van der Waals surface area contributed by atoms with Gasteiger partial charge >= 0.3 is 0 Å². The molecule has 2 N–H and O–H groups in total. The topological polar surface area (TPSA) is 38.5 Å². The number of hydrogen-bond donors (Lipinski definition) is 1. The summed E-state index contributed by atoms with van der Waals surface area (Å²) in [6.45, 7) is 4.37. The lowest BCUT2D eigenvalue weighted by Crippen LogP contribution is -2.45. The Kier molecular flexibility index (Phi) is 8.56. The fourth-order valence-corrected chi connectivity index (χ4v) is 1.91. The average Bonchev–Trinajstić information content (AvgIpc) is 2.31. The number of morpholine rings is 1. The number of nitrogens with two attached hydrogens (primary N) is 1. The predicted molar refractivity (Wildman–Crippen MR) is 75.0 cm³/mol. The van der Waals surface area contributed by atoms with Gasteiger partial charge in [0.25, 0.3) is 0 Å². The third kappa shape index (κ3) is 5.23. The molecule has 3 nitrogen and oxygen atoms in total. The molecule has 1 atom stereocenters. The van der Waals surface area contributed by atoms with Crippen LogP contribution in [0.15, 0.2) is 30.3 Å². The van der Waals surface area contributed by atoms with Crippen LogP contribution < -0.4 is 5.73 Å². The molecule has 2 rings (SSSR count). The van der Waals surface area contributed by atoms with E-state index in [1.165, 1.54) is 5.56 Å². The van der Waals surface area contributed by atoms with Crippen molar-refractivity contribution in [1.82, 2.24) is 4.90 Å². The Morgan fingerprint density at radius 1 is 1.24 bits per heavy atom. The number of rotatable bonds is 3. The van der Waals surface area contributed by atoms with E-state index in [9.17, 15) is 0 Å². The number of halogens is 2. The third-order valence-electron chi connectivity index (χ3n) is 2.73. The van der Waals surface area contributed by atoms with Crippen LogP contribution in [0.25, 0.3) is 0 Å². The summed E-state index contributed by atoms with van der Waals surface area (Å²) in [5, 5.41) is 0. The lowest BCUT2D eigenvalue weighted by molar-refractivity contribution is -0.0260. The highest BCUT2D eigenvalue weighted by Gasteiger charge is 2.18. The van der Waals surface area contributed by atoms with Gasteiger partial charge in [-0.25, -0.2) is 0 Å². The van der Waals surface area contributed by atoms with Gasteiger partial charge in [0.15, 0.2) is 0 Å². The van der Waals surface area contributed by atoms with Crippen molar-refractivity contribution in [2.75, 3.05) is 26.2 Å². The summed E-state index contributed by atoms with van der Waals surface area (Å²) in [4.78, 5) is 2.40. The third-order valence-corrected chi connectivity index (χ3v) is 2.73. The first-order chi connectivity index (χ1) is 7.38. The normalized spacial score (nSPS) is 20.2. The van der Waals surface area contributed by atoms with Crippen molar-refractivity contribution in [3.05, 3.63) is 35.9 Å². The molecule has 0 saturated carbocycles. The van der Waals surface area contributed by atoms with Gasteiger partial charge in [0, 0.05) is 26.2 Å². The molecule has 1 aromatic rings. The van der Waals surface area contributed by atoms with Crippen LogP contribution in [0.5, 0.6) is 0 Å². The van der Waals surface area contributed by atoms with Crippen LogP contribution in [-0.4, -0.2) is 37.2 Å². The van der Waals surface area contributed by atoms with Crippen LogP contribution in [-0.2, 0) is 11.3 Å². The molecule has 98 valence electrons. The Bertz CT molecular complexity index is 298. The molecule has 1 aliphatic rings. The Hall–Kier alpha value is -0.320. The molecular weight excluding hydrogens is 259 g/mol. The Labute approximate surface area is 115 Å². The van der Waals surface area contributed by atoms with Gasteiger partial charge in [-0.3, -0.25) is 4.90 Å². The van der Waals surface area contributed by atoms with E-state index in [1.807, 2.05) is 6.07 Å². The van der Waals surface area contributed by atoms with Crippen LogP contribution in [0.3, 0.4) is 0 Å². The van der Waals surface area contributed by atoms with Crippen LogP contribution in [0, 0.1) is 0 Å². The monoisotopic (exact) mass is 278 g/mol. The first-order valence-electron chi connectivity index (χ1n) is 5.46. The largest absolute Gasteiger partial charge is 0.374 e. The molecule has 1 aliphatic heterocycles. The first kappa shape index (κ1) is 16.7. The van der Waals surface area contributed by atoms with E-state index < -0.39 is 0 Å². The molecule has 0 radical (unpaired) electrons. The summed E-state index contributed by atoms with van der Waals surface area (Å²) < 4.78 is 5.53. The highest BCUT2D eigenvalue weighted by Crippen LogP contribution is 2.09. The molecule has 0 aromatic heterocycles. The highest BCUT2D eigenvalue weighted by molar-refractivity contribution is 5.85. The molecular formula is C12H20Cl2N2O. The van der Waals surface area contributed by atoms with Crippen molar-refractivity contribution in [2.24, 2.45) is 5.73 Å². The first-order valence-corrected chi connectivity index (χ1v) is 5.46. The molecule has 0 bridgehead atoms. The lowest BCUT2D eigenvalue weighted by Gasteiger charge is -2.32. The Morgan fingerprint density at radius 3 is 2.59 bits per heavy atom. The minimum atomic E-state index is 0. The predicted octanol–water partition coefficient (Wildman–Crippen LogP) is 1.69. The second-order valence-electron chi connectivity index (χ2n) is 3.95. The number of hydrogen-bond acceptors (Lipinski definition) is 3. The smallest absolute Gasteiger partial charge is 0.0824 e. The summed E-state index contributed by atoms with van der Waals surface area (Å²) in [5.74, 6) is 0. The van der Waals surface area contributed by atoms with Gasteiger partial charge in [-0.05, 0) is 5.56 Å². The fourth-order valence-electron chi connectivity index (χ4n) is 1.91. The molecule has 0 amide bonds. The second kappa shape index (κ2) is 8.72. The zero-order valence-corrected chi connectivity index (χ0v) is 11.4. The summed E-state index contributed by atoms with van der Waals surface area (Å²) >= 11 is 0. The van der Waals surface area contributed by atoms with Gasteiger partial charge in [0.1, 0.15) is 0 Å². The van der Waals surface area contributed by atoms with Crippen LogP contribution in [0.4, 0.5) is 0 Å². The molecule has 1 aromatic carbocycles. The van der Waals surface area contributed by atoms with Crippen molar-refractivity contribution in [2.45, 2.75) is 12.6 Å². The molecule has 1 heterocycles. The van der Waals surface area contributed by atoms with E-state index in [4.69, 9.17) is 10.5 Å². The summed E-state index contributed by atoms with van der Waals surface area (Å²) in [5.41, 5.74) is 6.96. The highest BCUT2D eigenvalue weighted by atomic mass is 35.5. The number of nitrogens with zero attached hydrogens (tertiary/aromatic N) is 1. The number of ether oxygens (including phenoxy) is 1. The van der Waals surface area contributed by atoms with Crippen LogP contribution in [0.1, 0.15) is 5.56 Å². The number of benzene rings is 1. The standard InChI is InChI=1S/C12H18N2O.2ClH/c13-8-12-10-14(6-7-15-12)9-11-4-2-1-3-5-11;;/h1-5,12H,6-10,13H2;2*1H/t12-;;/m0../s1. The molecule has 1 fully saturated rings. The molecule has 0 spiro atoms. The maximum atomic E-state index is 5.61. The van der Waals surface area contributed by atoms with Gasteiger partial charge in [-0.15, -0.1) is 24.8 Å². The summed E-state index contributed by atoms with van der Waals surface area (Å²) in [6, 6.07) is 10.5. The van der Waals surface area contributed by atoms with Gasteiger partial charge in [-0.1, -0.05) is 30.3 Å². The second-order valence-corrected chi connectivity index (χ2v) is 3.95. The maximum absolute atomic E-state index is 5.61. The van der Waals surface area contributed by atoms with Crippen LogP contribution >= 0.6 is 24.8 Å².